The fourth-order valence-corrected chi connectivity index (χ4v) is 5.77. The van der Waals surface area contributed by atoms with Gasteiger partial charge in [0.15, 0.2) is 12.6 Å². The lowest BCUT2D eigenvalue weighted by molar-refractivity contribution is -0.309. The van der Waals surface area contributed by atoms with E-state index in [9.17, 15) is 20.4 Å². The molecule has 12 nitrogen and oxygen atoms in total. The average Bonchev–Trinajstić information content (AvgIpc) is 3.60. The molecule has 2 aliphatic heterocycles. The molecule has 0 bridgehead atoms. The summed E-state index contributed by atoms with van der Waals surface area (Å²) < 4.78 is 24.2. The van der Waals surface area contributed by atoms with E-state index in [0.29, 0.717) is 19.3 Å². The molecule has 0 aromatic rings. The van der Waals surface area contributed by atoms with Crippen LogP contribution in [0.5, 0.6) is 0 Å². The van der Waals surface area contributed by atoms with E-state index in [2.05, 4.69) is 10.3 Å². The predicted molar refractivity (Wildman–Crippen MR) is 135 cm³/mol. The summed E-state index contributed by atoms with van der Waals surface area (Å²) in [6.07, 6.45) is -1.86. The molecule has 2 saturated carbocycles. The Morgan fingerprint density at radius 1 is 1.11 bits per heavy atom. The van der Waals surface area contributed by atoms with Gasteiger partial charge in [-0.15, -0.1) is 0 Å². The van der Waals surface area contributed by atoms with Crippen molar-refractivity contribution in [1.29, 1.82) is 0 Å². The van der Waals surface area contributed by atoms with Gasteiger partial charge in [0.25, 0.3) is 0 Å². The molecule has 12 atom stereocenters. The molecule has 37 heavy (non-hydrogen) atoms. The third kappa shape index (κ3) is 6.13. The number of rotatable bonds is 8. The Morgan fingerprint density at radius 3 is 2.41 bits per heavy atom. The minimum Gasteiger partial charge on any atom is -0.388 e. The highest BCUT2D eigenvalue weighted by atomic mass is 16.7. The Labute approximate surface area is 218 Å². The second kappa shape index (κ2) is 11.3. The summed E-state index contributed by atoms with van der Waals surface area (Å²) >= 11 is 0. The smallest absolute Gasteiger partial charge is 0.185 e. The van der Waals surface area contributed by atoms with Crippen molar-refractivity contribution in [1.82, 2.24) is 5.32 Å². The molecule has 214 valence electrons. The maximum atomic E-state index is 11.6. The average molecular weight is 531 g/mol. The van der Waals surface area contributed by atoms with Crippen molar-refractivity contribution >= 4 is 5.84 Å². The highest BCUT2D eigenvalue weighted by molar-refractivity contribution is 5.91. The van der Waals surface area contributed by atoms with E-state index in [4.69, 9.17) is 30.4 Å². The monoisotopic (exact) mass is 530 g/mol. The normalized spacial score (nSPS) is 48.6. The standard InChI is InChI=1S/C25H46N4O8/c1-5-13-6-7-14(26)21(35-13)36-18-12(2)10-15(29-23(27)25(33)8-9-25)19(16(18)30)37-22-17(31)20(28-4)24(3,32)11-34-22/h12-22,28,30-33H,5-11,26H2,1-4H3,(H2,27,29)/t12-,13+,14?,15+,16?,17?,18?,19?,20+,21+,22+,24?/m0/s1. The molecule has 12 heteroatoms. The number of aliphatic hydroxyl groups excluding tert-OH is 2. The van der Waals surface area contributed by atoms with Gasteiger partial charge in [0, 0.05) is 0 Å². The van der Waals surface area contributed by atoms with Crippen LogP contribution in [0.15, 0.2) is 4.99 Å². The summed E-state index contributed by atoms with van der Waals surface area (Å²) in [5, 5.41) is 46.5. The van der Waals surface area contributed by atoms with Crippen molar-refractivity contribution in [3.05, 3.63) is 0 Å². The van der Waals surface area contributed by atoms with E-state index >= 15 is 0 Å². The van der Waals surface area contributed by atoms with Crippen molar-refractivity contribution in [3.8, 4) is 0 Å². The molecule has 2 aliphatic carbocycles. The maximum absolute atomic E-state index is 11.6. The first-order valence-corrected chi connectivity index (χ1v) is 13.6. The van der Waals surface area contributed by atoms with Crippen LogP contribution >= 0.6 is 0 Å². The molecule has 4 fully saturated rings. The highest BCUT2D eigenvalue weighted by Crippen LogP contribution is 2.39. The Hall–Kier alpha value is -0.930. The quantitative estimate of drug-likeness (QED) is 0.146. The number of nitrogens with two attached hydrogens (primary N) is 2. The highest BCUT2D eigenvalue weighted by Gasteiger charge is 2.52. The lowest BCUT2D eigenvalue weighted by atomic mass is 9.80. The molecule has 4 aliphatic rings. The second-order valence-electron chi connectivity index (χ2n) is 11.6. The van der Waals surface area contributed by atoms with Crippen LogP contribution in [0.3, 0.4) is 0 Å². The van der Waals surface area contributed by atoms with Gasteiger partial charge in [0.2, 0.25) is 0 Å². The first kappa shape index (κ1) is 29.1. The summed E-state index contributed by atoms with van der Waals surface area (Å²) in [6, 6.07) is -1.67. The number of nitrogens with zero attached hydrogens (tertiary/aromatic N) is 1. The van der Waals surface area contributed by atoms with Gasteiger partial charge in [-0.25, -0.2) is 0 Å². The van der Waals surface area contributed by atoms with Crippen molar-refractivity contribution in [2.45, 2.75) is 132 Å². The van der Waals surface area contributed by atoms with Crippen LogP contribution in [-0.2, 0) is 18.9 Å². The largest absolute Gasteiger partial charge is 0.388 e. The molecular weight excluding hydrogens is 484 g/mol. The van der Waals surface area contributed by atoms with Crippen LogP contribution in [0.25, 0.3) is 0 Å². The molecular formula is C25H46N4O8. The van der Waals surface area contributed by atoms with Crippen LogP contribution < -0.4 is 16.8 Å². The zero-order valence-electron chi connectivity index (χ0n) is 22.3. The van der Waals surface area contributed by atoms with Crippen LogP contribution in [0.1, 0.15) is 59.3 Å². The summed E-state index contributed by atoms with van der Waals surface area (Å²) in [7, 11) is 1.63. The number of amidine groups is 1. The van der Waals surface area contributed by atoms with Gasteiger partial charge >= 0.3 is 0 Å². The van der Waals surface area contributed by atoms with Crippen molar-refractivity contribution in [2.75, 3.05) is 13.7 Å². The number of ether oxygens (including phenoxy) is 4. The fourth-order valence-electron chi connectivity index (χ4n) is 5.77. The van der Waals surface area contributed by atoms with E-state index in [0.717, 1.165) is 19.3 Å². The van der Waals surface area contributed by atoms with E-state index in [1.165, 1.54) is 0 Å². The van der Waals surface area contributed by atoms with E-state index in [1.807, 2.05) is 13.8 Å². The Morgan fingerprint density at radius 2 is 1.78 bits per heavy atom. The lowest BCUT2D eigenvalue weighted by Gasteiger charge is -2.48. The third-order valence-corrected chi connectivity index (χ3v) is 8.41. The Balaban J connectivity index is 1.56. The predicted octanol–water partition coefficient (Wildman–Crippen LogP) is -1.29. The van der Waals surface area contributed by atoms with Gasteiger partial charge in [0.05, 0.1) is 36.9 Å². The topological polar surface area (TPSA) is 194 Å². The third-order valence-electron chi connectivity index (χ3n) is 8.41. The fraction of sp³-hybridized carbons (Fsp3) is 0.960. The van der Waals surface area contributed by atoms with Crippen molar-refractivity contribution in [2.24, 2.45) is 22.4 Å². The SMILES string of the molecule is CC[C@@H]1CCC(N)[C@@H](OC2C(O)C(O[C@H]3OCC(C)(O)[C@H](NC)C3O)[C@H](N=C(N)C3(O)CC3)C[C@@H]2C)O1. The van der Waals surface area contributed by atoms with Gasteiger partial charge in [-0.1, -0.05) is 13.8 Å². The molecule has 9 N–H and O–H groups in total. The van der Waals surface area contributed by atoms with Crippen LogP contribution in [0.4, 0.5) is 0 Å². The number of aliphatic imine (C=N–C) groups is 1. The minimum atomic E-state index is -1.32. The molecule has 2 heterocycles. The zero-order chi connectivity index (χ0) is 27.1. The van der Waals surface area contributed by atoms with Crippen molar-refractivity contribution in [3.63, 3.8) is 0 Å². The Kier molecular flexibility index (Phi) is 8.86. The van der Waals surface area contributed by atoms with Gasteiger partial charge < -0.3 is 56.2 Å². The van der Waals surface area contributed by atoms with E-state index in [1.54, 1.807) is 14.0 Å². The molecule has 0 aromatic heterocycles. The summed E-state index contributed by atoms with van der Waals surface area (Å²) in [6.45, 7) is 5.47. The van der Waals surface area contributed by atoms with Gasteiger partial charge in [0.1, 0.15) is 35.3 Å². The van der Waals surface area contributed by atoms with Gasteiger partial charge in [-0.2, -0.15) is 0 Å². The molecule has 6 unspecified atom stereocenters. The second-order valence-corrected chi connectivity index (χ2v) is 11.6. The van der Waals surface area contributed by atoms with Crippen molar-refractivity contribution < 1.29 is 39.4 Å². The lowest BCUT2D eigenvalue weighted by Crippen LogP contribution is -2.67. The number of likely N-dealkylation sites (N-methyl/N-ethyl adjacent to an activating group) is 1. The van der Waals surface area contributed by atoms with Gasteiger partial charge in [-0.05, 0) is 58.4 Å². The molecule has 2 saturated heterocycles. The molecule has 0 amide bonds. The van der Waals surface area contributed by atoms with E-state index in [-0.39, 0.29) is 30.5 Å². The van der Waals surface area contributed by atoms with Gasteiger partial charge in [-0.3, -0.25) is 4.99 Å². The maximum Gasteiger partial charge on any atom is 0.185 e. The van der Waals surface area contributed by atoms with Crippen LogP contribution in [-0.4, -0.2) is 112 Å². The summed E-state index contributed by atoms with van der Waals surface area (Å²) in [5.74, 6) is -0.0551. The number of hydrogen-bond donors (Lipinski definition) is 7. The van der Waals surface area contributed by atoms with Crippen LogP contribution in [0, 0.1) is 5.92 Å². The zero-order valence-corrected chi connectivity index (χ0v) is 22.3. The summed E-state index contributed by atoms with van der Waals surface area (Å²) in [4.78, 5) is 4.58. The molecule has 4 rings (SSSR count). The molecule has 0 spiro atoms. The minimum absolute atomic E-state index is 0.0429. The Bertz CT molecular complexity index is 812. The number of nitrogens with one attached hydrogen (secondary N) is 1. The van der Waals surface area contributed by atoms with Crippen LogP contribution in [0.2, 0.25) is 0 Å². The van der Waals surface area contributed by atoms with E-state index < -0.39 is 60.3 Å². The molecule has 0 aromatic carbocycles. The number of hydrogen-bond acceptors (Lipinski definition) is 11. The summed E-state index contributed by atoms with van der Waals surface area (Å²) in [5.41, 5.74) is 10.00. The number of aliphatic hydroxyl groups is 4. The molecule has 0 radical (unpaired) electrons. The first-order valence-electron chi connectivity index (χ1n) is 13.6. The first-order chi connectivity index (χ1) is 17.4.